The topological polar surface area (TPSA) is 66.4 Å². The van der Waals surface area contributed by atoms with Crippen LogP contribution >= 0.6 is 23.1 Å². The van der Waals surface area contributed by atoms with Crippen molar-refractivity contribution in [2.45, 2.75) is 13.5 Å². The van der Waals surface area contributed by atoms with E-state index in [1.807, 2.05) is 17.7 Å². The van der Waals surface area contributed by atoms with Gasteiger partial charge in [0.2, 0.25) is 5.91 Å². The Morgan fingerprint density at radius 3 is 2.75 bits per heavy atom. The van der Waals surface area contributed by atoms with Crippen LogP contribution in [0.1, 0.15) is 11.1 Å². The maximum Gasteiger partial charge on any atom is 0.313 e. The van der Waals surface area contributed by atoms with E-state index in [4.69, 9.17) is 5.11 Å². The van der Waals surface area contributed by atoms with E-state index in [9.17, 15) is 9.59 Å². The number of nitrogens with one attached hydrogen (secondary N) is 1. The molecule has 0 saturated heterocycles. The van der Waals surface area contributed by atoms with Crippen LogP contribution in [-0.4, -0.2) is 28.5 Å². The van der Waals surface area contributed by atoms with Crippen molar-refractivity contribution in [3.05, 3.63) is 21.9 Å². The van der Waals surface area contributed by atoms with Gasteiger partial charge < -0.3 is 10.4 Å². The normalized spacial score (nSPS) is 10.1. The number of aryl methyl sites for hydroxylation is 1. The van der Waals surface area contributed by atoms with Crippen molar-refractivity contribution < 1.29 is 14.7 Å². The van der Waals surface area contributed by atoms with E-state index in [1.54, 1.807) is 11.3 Å². The van der Waals surface area contributed by atoms with Crippen LogP contribution in [0.5, 0.6) is 0 Å². The third-order valence-corrected chi connectivity index (χ3v) is 3.72. The Labute approximate surface area is 102 Å². The first-order chi connectivity index (χ1) is 7.59. The number of carboxylic acids is 1. The molecule has 0 spiro atoms. The summed E-state index contributed by atoms with van der Waals surface area (Å²) in [5.74, 6) is -0.872. The quantitative estimate of drug-likeness (QED) is 0.812. The summed E-state index contributed by atoms with van der Waals surface area (Å²) in [6, 6.07) is 0. The Bertz CT molecular complexity index is 376. The number of thiophene rings is 1. The molecule has 1 aromatic rings. The zero-order valence-electron chi connectivity index (χ0n) is 8.86. The summed E-state index contributed by atoms with van der Waals surface area (Å²) in [7, 11) is 0. The number of amides is 1. The summed E-state index contributed by atoms with van der Waals surface area (Å²) in [5, 5.41) is 15.2. The summed E-state index contributed by atoms with van der Waals surface area (Å²) in [6.45, 7) is 2.51. The van der Waals surface area contributed by atoms with E-state index in [0.717, 1.165) is 17.3 Å². The Kier molecular flexibility index (Phi) is 5.34. The van der Waals surface area contributed by atoms with Crippen LogP contribution in [0.4, 0.5) is 0 Å². The molecular formula is C10H13NO3S2. The highest BCUT2D eigenvalue weighted by Crippen LogP contribution is 2.13. The standard InChI is InChI=1S/C10H13NO3S2/c1-7-3-15-4-8(7)2-11-9(12)5-16-6-10(13)14/h3-4H,2,5-6H2,1H3,(H,11,12)(H,13,14). The number of hydrogen-bond donors (Lipinski definition) is 2. The highest BCUT2D eigenvalue weighted by Gasteiger charge is 2.05. The van der Waals surface area contributed by atoms with Crippen molar-refractivity contribution in [2.75, 3.05) is 11.5 Å². The fourth-order valence-electron chi connectivity index (χ4n) is 1.04. The average Bonchev–Trinajstić information content (AvgIpc) is 2.60. The molecule has 0 unspecified atom stereocenters. The Hall–Kier alpha value is -1.01. The number of thioether (sulfide) groups is 1. The molecule has 0 aromatic carbocycles. The maximum atomic E-state index is 11.3. The minimum Gasteiger partial charge on any atom is -0.481 e. The minimum atomic E-state index is -0.897. The first kappa shape index (κ1) is 13.1. The van der Waals surface area contributed by atoms with Crippen molar-refractivity contribution >= 4 is 35.0 Å². The molecule has 0 aliphatic heterocycles. The molecule has 0 saturated carbocycles. The van der Waals surface area contributed by atoms with Gasteiger partial charge in [-0.15, -0.1) is 11.8 Å². The lowest BCUT2D eigenvalue weighted by Crippen LogP contribution is -2.25. The first-order valence-corrected chi connectivity index (χ1v) is 6.77. The van der Waals surface area contributed by atoms with Gasteiger partial charge in [0.25, 0.3) is 0 Å². The molecule has 0 radical (unpaired) electrons. The summed E-state index contributed by atoms with van der Waals surface area (Å²) < 4.78 is 0. The van der Waals surface area contributed by atoms with Crippen LogP contribution in [-0.2, 0) is 16.1 Å². The summed E-state index contributed by atoms with van der Waals surface area (Å²) in [5.41, 5.74) is 2.28. The van der Waals surface area contributed by atoms with Gasteiger partial charge in [-0.1, -0.05) is 0 Å². The van der Waals surface area contributed by atoms with E-state index < -0.39 is 5.97 Å². The number of rotatable bonds is 6. The number of carboxylic acid groups (broad SMARTS) is 1. The predicted octanol–water partition coefficient (Wildman–Crippen LogP) is 1.49. The van der Waals surface area contributed by atoms with Gasteiger partial charge in [-0.05, 0) is 28.8 Å². The van der Waals surface area contributed by atoms with Crippen molar-refractivity contribution in [3.8, 4) is 0 Å². The third kappa shape index (κ3) is 4.67. The number of carbonyl (C=O) groups is 2. The van der Waals surface area contributed by atoms with Crippen molar-refractivity contribution in [1.82, 2.24) is 5.32 Å². The van der Waals surface area contributed by atoms with Gasteiger partial charge in [0, 0.05) is 6.54 Å². The molecule has 88 valence electrons. The molecule has 1 heterocycles. The Morgan fingerprint density at radius 2 is 2.19 bits per heavy atom. The van der Waals surface area contributed by atoms with Gasteiger partial charge in [0.15, 0.2) is 0 Å². The van der Waals surface area contributed by atoms with Crippen LogP contribution in [0.2, 0.25) is 0 Å². The van der Waals surface area contributed by atoms with E-state index in [1.165, 1.54) is 5.56 Å². The average molecular weight is 259 g/mol. The SMILES string of the molecule is Cc1cscc1CNC(=O)CSCC(=O)O. The second-order valence-corrected chi connectivity index (χ2v) is 4.97. The van der Waals surface area contributed by atoms with E-state index in [-0.39, 0.29) is 17.4 Å². The third-order valence-electron chi connectivity index (χ3n) is 1.90. The van der Waals surface area contributed by atoms with Crippen LogP contribution in [0.15, 0.2) is 10.8 Å². The van der Waals surface area contributed by atoms with E-state index >= 15 is 0 Å². The van der Waals surface area contributed by atoms with Gasteiger partial charge in [-0.2, -0.15) is 11.3 Å². The summed E-state index contributed by atoms with van der Waals surface area (Å²) in [4.78, 5) is 21.5. The molecule has 4 nitrogen and oxygen atoms in total. The van der Waals surface area contributed by atoms with E-state index in [2.05, 4.69) is 5.32 Å². The van der Waals surface area contributed by atoms with Crippen molar-refractivity contribution in [3.63, 3.8) is 0 Å². The highest BCUT2D eigenvalue weighted by atomic mass is 32.2. The van der Waals surface area contributed by atoms with Gasteiger partial charge >= 0.3 is 5.97 Å². The second-order valence-electron chi connectivity index (χ2n) is 3.24. The zero-order valence-corrected chi connectivity index (χ0v) is 10.5. The molecule has 0 atom stereocenters. The molecule has 0 bridgehead atoms. The summed E-state index contributed by atoms with van der Waals surface area (Å²) in [6.07, 6.45) is 0. The first-order valence-electron chi connectivity index (χ1n) is 4.67. The van der Waals surface area contributed by atoms with E-state index in [0.29, 0.717) is 6.54 Å². The van der Waals surface area contributed by atoms with Gasteiger partial charge in [0.1, 0.15) is 0 Å². The zero-order chi connectivity index (χ0) is 12.0. The predicted molar refractivity (Wildman–Crippen MR) is 65.9 cm³/mol. The van der Waals surface area contributed by atoms with Gasteiger partial charge in [-0.3, -0.25) is 9.59 Å². The molecule has 0 aliphatic rings. The van der Waals surface area contributed by atoms with Gasteiger partial charge in [0.05, 0.1) is 11.5 Å². The molecule has 6 heteroatoms. The molecule has 0 fully saturated rings. The molecular weight excluding hydrogens is 246 g/mol. The van der Waals surface area contributed by atoms with Crippen LogP contribution in [0, 0.1) is 6.92 Å². The molecule has 1 amide bonds. The van der Waals surface area contributed by atoms with Crippen LogP contribution in [0.3, 0.4) is 0 Å². The molecule has 16 heavy (non-hydrogen) atoms. The molecule has 2 N–H and O–H groups in total. The second kappa shape index (κ2) is 6.55. The number of carbonyl (C=O) groups excluding carboxylic acids is 1. The smallest absolute Gasteiger partial charge is 0.313 e. The fourth-order valence-corrected chi connectivity index (χ4v) is 2.46. The fraction of sp³-hybridized carbons (Fsp3) is 0.400. The van der Waals surface area contributed by atoms with Crippen molar-refractivity contribution in [2.24, 2.45) is 0 Å². The lowest BCUT2D eigenvalue weighted by atomic mass is 10.2. The van der Waals surface area contributed by atoms with Crippen molar-refractivity contribution in [1.29, 1.82) is 0 Å². The largest absolute Gasteiger partial charge is 0.481 e. The lowest BCUT2D eigenvalue weighted by Gasteiger charge is -2.03. The highest BCUT2D eigenvalue weighted by molar-refractivity contribution is 8.00. The van der Waals surface area contributed by atoms with Gasteiger partial charge in [-0.25, -0.2) is 0 Å². The monoisotopic (exact) mass is 259 g/mol. The summed E-state index contributed by atoms with van der Waals surface area (Å²) >= 11 is 2.71. The Morgan fingerprint density at radius 1 is 1.44 bits per heavy atom. The molecule has 0 aliphatic carbocycles. The van der Waals surface area contributed by atoms with Crippen LogP contribution in [0.25, 0.3) is 0 Å². The van der Waals surface area contributed by atoms with Crippen LogP contribution < -0.4 is 5.32 Å². The Balaban J connectivity index is 2.20. The minimum absolute atomic E-state index is 0.0368. The number of aliphatic carboxylic acids is 1. The molecule has 1 aromatic heterocycles. The number of hydrogen-bond acceptors (Lipinski definition) is 4. The molecule has 1 rings (SSSR count). The lowest BCUT2D eigenvalue weighted by molar-refractivity contribution is -0.133. The maximum absolute atomic E-state index is 11.3.